The lowest BCUT2D eigenvalue weighted by Gasteiger charge is -2.26. The van der Waals surface area contributed by atoms with Crippen molar-refractivity contribution in [2.45, 2.75) is 0 Å². The monoisotopic (exact) mass is 546 g/mol. The fourth-order valence-electron chi connectivity index (χ4n) is 6.44. The Bertz CT molecular complexity index is 2140. The largest absolute Gasteiger partial charge is 0.310 e. The minimum Gasteiger partial charge on any atom is -0.310 e. The molecule has 0 unspecified atom stereocenters. The third kappa shape index (κ3) is 4.19. The SMILES string of the molecule is N#Cc1ccc(-c2ccc(N(c3ccccc3)c3cccc(-c4ccc5c6c(cccc46)-c4ccccc4-5)c3)cc2)cc1. The van der Waals surface area contributed by atoms with Gasteiger partial charge in [0, 0.05) is 17.1 Å². The molecule has 0 radical (unpaired) electrons. The van der Waals surface area contributed by atoms with Crippen LogP contribution in [0, 0.1) is 11.3 Å². The van der Waals surface area contributed by atoms with Gasteiger partial charge in [-0.05, 0) is 104 Å². The Kier molecular flexibility index (Phi) is 5.88. The van der Waals surface area contributed by atoms with E-state index in [1.807, 2.05) is 24.3 Å². The zero-order valence-corrected chi connectivity index (χ0v) is 23.4. The summed E-state index contributed by atoms with van der Waals surface area (Å²) in [5.74, 6) is 0. The molecule has 0 atom stereocenters. The molecule has 0 fully saturated rings. The van der Waals surface area contributed by atoms with E-state index in [1.54, 1.807) is 0 Å². The van der Waals surface area contributed by atoms with Gasteiger partial charge in [-0.1, -0.05) is 109 Å². The number of benzene rings is 7. The van der Waals surface area contributed by atoms with Crippen LogP contribution in [0.5, 0.6) is 0 Å². The number of hydrogen-bond donors (Lipinski definition) is 0. The highest BCUT2D eigenvalue weighted by atomic mass is 15.1. The van der Waals surface area contributed by atoms with Gasteiger partial charge in [0.2, 0.25) is 0 Å². The smallest absolute Gasteiger partial charge is 0.0991 e. The predicted octanol–water partition coefficient (Wildman–Crippen LogP) is 11.2. The Hall–Kier alpha value is -5.91. The van der Waals surface area contributed by atoms with Crippen molar-refractivity contribution in [3.05, 3.63) is 163 Å². The zero-order chi connectivity index (χ0) is 28.8. The van der Waals surface area contributed by atoms with Crippen LogP contribution in [-0.2, 0) is 0 Å². The maximum absolute atomic E-state index is 9.17. The highest BCUT2D eigenvalue weighted by Crippen LogP contribution is 2.49. The van der Waals surface area contributed by atoms with Crippen LogP contribution in [-0.4, -0.2) is 0 Å². The lowest BCUT2D eigenvalue weighted by Crippen LogP contribution is -2.09. The van der Waals surface area contributed by atoms with Gasteiger partial charge in [0.05, 0.1) is 11.6 Å². The molecular formula is C41H26N2. The maximum Gasteiger partial charge on any atom is 0.0991 e. The fraction of sp³-hybridized carbons (Fsp3) is 0. The first kappa shape index (κ1) is 24.9. The van der Waals surface area contributed by atoms with Crippen LogP contribution in [0.2, 0.25) is 0 Å². The van der Waals surface area contributed by atoms with E-state index in [2.05, 4.69) is 144 Å². The van der Waals surface area contributed by atoms with E-state index in [-0.39, 0.29) is 0 Å². The average Bonchev–Trinajstić information content (AvgIpc) is 3.41. The van der Waals surface area contributed by atoms with Gasteiger partial charge in [0.15, 0.2) is 0 Å². The highest BCUT2D eigenvalue weighted by molar-refractivity contribution is 6.18. The quantitative estimate of drug-likeness (QED) is 0.215. The molecular weight excluding hydrogens is 520 g/mol. The summed E-state index contributed by atoms with van der Waals surface area (Å²) in [6.45, 7) is 0. The van der Waals surface area contributed by atoms with E-state index in [0.717, 1.165) is 28.2 Å². The highest BCUT2D eigenvalue weighted by Gasteiger charge is 2.22. The van der Waals surface area contributed by atoms with E-state index < -0.39 is 0 Å². The summed E-state index contributed by atoms with van der Waals surface area (Å²) in [6.07, 6.45) is 0. The Balaban J connectivity index is 1.23. The lowest BCUT2D eigenvalue weighted by atomic mass is 9.94. The van der Waals surface area contributed by atoms with Crippen LogP contribution >= 0.6 is 0 Å². The first-order chi connectivity index (χ1) is 21.3. The van der Waals surface area contributed by atoms with Crippen molar-refractivity contribution < 1.29 is 0 Å². The third-order valence-corrected chi connectivity index (χ3v) is 8.45. The average molecular weight is 547 g/mol. The molecule has 0 saturated carbocycles. The van der Waals surface area contributed by atoms with Crippen LogP contribution < -0.4 is 4.90 Å². The van der Waals surface area contributed by atoms with Crippen LogP contribution in [0.15, 0.2) is 158 Å². The first-order valence-electron chi connectivity index (χ1n) is 14.5. The van der Waals surface area contributed by atoms with Crippen molar-refractivity contribution in [3.8, 4) is 50.6 Å². The zero-order valence-electron chi connectivity index (χ0n) is 23.4. The summed E-state index contributed by atoms with van der Waals surface area (Å²) in [6, 6.07) is 57.9. The second-order valence-electron chi connectivity index (χ2n) is 10.9. The third-order valence-electron chi connectivity index (χ3n) is 8.45. The number of fused-ring (bicyclic) bond motifs is 3. The molecule has 0 bridgehead atoms. The van der Waals surface area contributed by atoms with Crippen molar-refractivity contribution in [2.24, 2.45) is 0 Å². The topological polar surface area (TPSA) is 27.0 Å². The molecule has 2 nitrogen and oxygen atoms in total. The minimum atomic E-state index is 0.667. The number of nitrogens with zero attached hydrogens (tertiary/aromatic N) is 2. The van der Waals surface area contributed by atoms with E-state index in [4.69, 9.17) is 5.26 Å². The van der Waals surface area contributed by atoms with E-state index in [1.165, 1.54) is 44.2 Å². The van der Waals surface area contributed by atoms with Crippen molar-refractivity contribution >= 4 is 27.8 Å². The van der Waals surface area contributed by atoms with E-state index in [0.29, 0.717) is 5.56 Å². The summed E-state index contributed by atoms with van der Waals surface area (Å²) in [5.41, 5.74) is 13.8. The van der Waals surface area contributed by atoms with Gasteiger partial charge in [-0.25, -0.2) is 0 Å². The Labute approximate surface area is 251 Å². The van der Waals surface area contributed by atoms with Gasteiger partial charge in [0.1, 0.15) is 0 Å². The van der Waals surface area contributed by atoms with Crippen molar-refractivity contribution in [2.75, 3.05) is 4.90 Å². The van der Waals surface area contributed by atoms with Crippen LogP contribution in [0.25, 0.3) is 55.3 Å². The van der Waals surface area contributed by atoms with Crippen molar-refractivity contribution in [1.82, 2.24) is 0 Å². The molecule has 7 aromatic carbocycles. The second kappa shape index (κ2) is 10.2. The Morgan fingerprint density at radius 1 is 0.395 bits per heavy atom. The summed E-state index contributed by atoms with van der Waals surface area (Å²) in [4.78, 5) is 2.31. The summed E-state index contributed by atoms with van der Waals surface area (Å²) >= 11 is 0. The van der Waals surface area contributed by atoms with Gasteiger partial charge in [-0.2, -0.15) is 5.26 Å². The maximum atomic E-state index is 9.17. The molecule has 2 heteroatoms. The number of para-hydroxylation sites is 1. The number of nitriles is 1. The fourth-order valence-corrected chi connectivity index (χ4v) is 6.44. The van der Waals surface area contributed by atoms with Crippen LogP contribution in [0.1, 0.15) is 5.56 Å². The molecule has 0 spiro atoms. The Morgan fingerprint density at radius 2 is 0.953 bits per heavy atom. The number of rotatable bonds is 5. The minimum absolute atomic E-state index is 0.667. The summed E-state index contributed by atoms with van der Waals surface area (Å²) in [7, 11) is 0. The molecule has 7 aromatic rings. The van der Waals surface area contributed by atoms with Gasteiger partial charge < -0.3 is 4.90 Å². The van der Waals surface area contributed by atoms with Gasteiger partial charge in [0.25, 0.3) is 0 Å². The van der Waals surface area contributed by atoms with Gasteiger partial charge >= 0.3 is 0 Å². The molecule has 1 aliphatic rings. The molecule has 0 saturated heterocycles. The van der Waals surface area contributed by atoms with Gasteiger partial charge in [-0.15, -0.1) is 0 Å². The second-order valence-corrected chi connectivity index (χ2v) is 10.9. The summed E-state index contributed by atoms with van der Waals surface area (Å²) < 4.78 is 0. The molecule has 1 aliphatic carbocycles. The van der Waals surface area contributed by atoms with E-state index >= 15 is 0 Å². The lowest BCUT2D eigenvalue weighted by molar-refractivity contribution is 1.28. The van der Waals surface area contributed by atoms with Crippen LogP contribution in [0.3, 0.4) is 0 Å². The summed E-state index contributed by atoms with van der Waals surface area (Å²) in [5, 5.41) is 11.8. The molecule has 0 N–H and O–H groups in total. The normalized spacial score (nSPS) is 11.2. The van der Waals surface area contributed by atoms with Crippen molar-refractivity contribution in [1.29, 1.82) is 5.26 Å². The first-order valence-corrected chi connectivity index (χ1v) is 14.5. The predicted molar refractivity (Wildman–Crippen MR) is 179 cm³/mol. The standard InChI is InChI=1S/C41H26N2/c42-27-28-16-18-29(19-17-28)30-20-22-33(23-21-30)43(32-9-2-1-3-10-32)34-11-6-8-31(26-34)35-24-25-40-37-13-5-4-12-36(37)39-15-7-14-38(35)41(39)40/h1-26H. The van der Waals surface area contributed by atoms with Crippen LogP contribution in [0.4, 0.5) is 17.1 Å². The Morgan fingerprint density at radius 3 is 1.67 bits per heavy atom. The molecule has 8 rings (SSSR count). The molecule has 0 aromatic heterocycles. The van der Waals surface area contributed by atoms with E-state index in [9.17, 15) is 0 Å². The molecule has 200 valence electrons. The number of hydrogen-bond acceptors (Lipinski definition) is 2. The molecule has 0 heterocycles. The van der Waals surface area contributed by atoms with Crippen molar-refractivity contribution in [3.63, 3.8) is 0 Å². The number of anilines is 3. The molecule has 43 heavy (non-hydrogen) atoms. The van der Waals surface area contributed by atoms with Gasteiger partial charge in [-0.3, -0.25) is 0 Å². The molecule has 0 amide bonds. The molecule has 0 aliphatic heterocycles.